The molecule has 23 heavy (non-hydrogen) atoms. The van der Waals surface area contributed by atoms with Gasteiger partial charge in [0.05, 0.1) is 5.41 Å². The van der Waals surface area contributed by atoms with Crippen LogP contribution in [0.25, 0.3) is 0 Å². The topological polar surface area (TPSA) is 47.6 Å². The second-order valence-corrected chi connectivity index (χ2v) is 7.42. The van der Waals surface area contributed by atoms with Gasteiger partial charge < -0.3 is 15.5 Å². The predicted molar refractivity (Wildman–Crippen MR) is 80.1 cm³/mol. The number of amides is 2. The van der Waals surface area contributed by atoms with E-state index < -0.39 is 17.0 Å². The molecule has 132 valence electrons. The lowest BCUT2D eigenvalue weighted by molar-refractivity contribution is -0.190. The minimum absolute atomic E-state index is 0.0283. The van der Waals surface area contributed by atoms with Gasteiger partial charge in [0.25, 0.3) is 0 Å². The molecule has 3 fully saturated rings. The SMILES string of the molecule is CC(C)N1CCN(C(=O)NC[C@@]23CNC[C@]2(C(F)(F)F)C3)CC1. The van der Waals surface area contributed by atoms with Gasteiger partial charge in [0.1, 0.15) is 0 Å². The first-order chi connectivity index (χ1) is 10.7. The first-order valence-corrected chi connectivity index (χ1v) is 8.25. The zero-order chi connectivity index (χ0) is 16.9. The quantitative estimate of drug-likeness (QED) is 0.817. The molecule has 5 nitrogen and oxygen atoms in total. The molecule has 0 aromatic heterocycles. The summed E-state index contributed by atoms with van der Waals surface area (Å²) in [5.74, 6) is 0. The van der Waals surface area contributed by atoms with Crippen molar-refractivity contribution in [1.29, 1.82) is 0 Å². The number of halogens is 3. The highest BCUT2D eigenvalue weighted by Crippen LogP contribution is 2.72. The fraction of sp³-hybridized carbons (Fsp3) is 0.933. The number of alkyl halides is 3. The van der Waals surface area contributed by atoms with Crippen LogP contribution in [0, 0.1) is 10.8 Å². The molecule has 3 aliphatic rings. The minimum Gasteiger partial charge on any atom is -0.337 e. The van der Waals surface area contributed by atoms with Crippen LogP contribution >= 0.6 is 0 Å². The van der Waals surface area contributed by atoms with Crippen molar-refractivity contribution in [3.63, 3.8) is 0 Å². The zero-order valence-corrected chi connectivity index (χ0v) is 13.7. The van der Waals surface area contributed by atoms with Crippen LogP contribution in [0.4, 0.5) is 18.0 Å². The molecule has 2 heterocycles. The third-order valence-corrected chi connectivity index (χ3v) is 5.87. The highest BCUT2D eigenvalue weighted by Gasteiger charge is 2.81. The second kappa shape index (κ2) is 5.51. The Morgan fingerprint density at radius 1 is 1.22 bits per heavy atom. The summed E-state index contributed by atoms with van der Waals surface area (Å²) >= 11 is 0. The Kier molecular flexibility index (Phi) is 4.03. The molecule has 0 spiro atoms. The Labute approximate surface area is 134 Å². The molecule has 0 aromatic carbocycles. The van der Waals surface area contributed by atoms with Crippen molar-refractivity contribution in [1.82, 2.24) is 20.4 Å². The molecule has 2 saturated heterocycles. The first-order valence-electron chi connectivity index (χ1n) is 8.25. The lowest BCUT2D eigenvalue weighted by atomic mass is 9.95. The van der Waals surface area contributed by atoms with Gasteiger partial charge in [-0.15, -0.1) is 0 Å². The van der Waals surface area contributed by atoms with E-state index in [-0.39, 0.29) is 25.5 Å². The molecule has 0 aromatic rings. The van der Waals surface area contributed by atoms with Gasteiger partial charge in [-0.2, -0.15) is 13.2 Å². The van der Waals surface area contributed by atoms with Crippen molar-refractivity contribution in [2.45, 2.75) is 32.5 Å². The molecular formula is C15H25F3N4O. The monoisotopic (exact) mass is 334 g/mol. The number of piperidine rings is 1. The van der Waals surface area contributed by atoms with Crippen molar-refractivity contribution in [2.75, 3.05) is 45.8 Å². The lowest BCUT2D eigenvalue weighted by Crippen LogP contribution is -2.54. The number of carbonyl (C=O) groups is 1. The van der Waals surface area contributed by atoms with E-state index in [1.165, 1.54) is 0 Å². The van der Waals surface area contributed by atoms with Crippen molar-refractivity contribution >= 4 is 6.03 Å². The number of urea groups is 1. The van der Waals surface area contributed by atoms with E-state index in [1.807, 2.05) is 0 Å². The molecule has 2 atom stereocenters. The van der Waals surface area contributed by atoms with Crippen molar-refractivity contribution in [3.8, 4) is 0 Å². The second-order valence-electron chi connectivity index (χ2n) is 7.42. The number of piperazine rings is 1. The van der Waals surface area contributed by atoms with Crippen molar-refractivity contribution in [2.24, 2.45) is 10.8 Å². The summed E-state index contributed by atoms with van der Waals surface area (Å²) in [7, 11) is 0. The summed E-state index contributed by atoms with van der Waals surface area (Å²) in [6.07, 6.45) is -4.08. The fourth-order valence-electron chi connectivity index (χ4n) is 4.12. The van der Waals surface area contributed by atoms with Crippen LogP contribution in [0.2, 0.25) is 0 Å². The average Bonchev–Trinajstić information content (AvgIpc) is 3.01. The summed E-state index contributed by atoms with van der Waals surface area (Å²) in [5, 5.41) is 5.59. The third-order valence-electron chi connectivity index (χ3n) is 5.87. The third kappa shape index (κ3) is 2.69. The van der Waals surface area contributed by atoms with Gasteiger partial charge in [0.15, 0.2) is 0 Å². The van der Waals surface area contributed by atoms with Gasteiger partial charge in [-0.1, -0.05) is 0 Å². The van der Waals surface area contributed by atoms with Crippen LogP contribution < -0.4 is 10.6 Å². The maximum Gasteiger partial charge on any atom is 0.396 e. The average molecular weight is 334 g/mol. The molecule has 1 saturated carbocycles. The fourth-order valence-corrected chi connectivity index (χ4v) is 4.12. The molecule has 8 heteroatoms. The maximum atomic E-state index is 13.3. The van der Waals surface area contributed by atoms with Gasteiger partial charge in [0, 0.05) is 57.3 Å². The Balaban J connectivity index is 1.51. The normalized spacial score (nSPS) is 34.6. The highest BCUT2D eigenvalue weighted by molar-refractivity contribution is 5.74. The summed E-state index contributed by atoms with van der Waals surface area (Å²) in [5.41, 5.74) is -2.48. The molecule has 2 aliphatic heterocycles. The largest absolute Gasteiger partial charge is 0.396 e. The van der Waals surface area contributed by atoms with Gasteiger partial charge in [0.2, 0.25) is 0 Å². The maximum absolute atomic E-state index is 13.3. The van der Waals surface area contributed by atoms with Gasteiger partial charge in [-0.25, -0.2) is 4.79 Å². The zero-order valence-electron chi connectivity index (χ0n) is 13.7. The van der Waals surface area contributed by atoms with E-state index in [4.69, 9.17) is 0 Å². The van der Waals surface area contributed by atoms with Crippen LogP contribution in [0.3, 0.4) is 0 Å². The smallest absolute Gasteiger partial charge is 0.337 e. The minimum atomic E-state index is -4.20. The molecule has 1 aliphatic carbocycles. The molecule has 2 amide bonds. The molecule has 2 N–H and O–H groups in total. The van der Waals surface area contributed by atoms with Crippen LogP contribution in [-0.4, -0.2) is 73.9 Å². The highest BCUT2D eigenvalue weighted by atomic mass is 19.4. The Morgan fingerprint density at radius 3 is 2.39 bits per heavy atom. The summed E-state index contributed by atoms with van der Waals surface area (Å²) in [4.78, 5) is 16.2. The van der Waals surface area contributed by atoms with Crippen LogP contribution in [0.5, 0.6) is 0 Å². The van der Waals surface area contributed by atoms with E-state index >= 15 is 0 Å². The number of hydrogen-bond donors (Lipinski definition) is 2. The Hall–Kier alpha value is -1.02. The molecule has 0 radical (unpaired) electrons. The number of nitrogens with zero attached hydrogens (tertiary/aromatic N) is 2. The lowest BCUT2D eigenvalue weighted by Gasteiger charge is -2.37. The van der Waals surface area contributed by atoms with Crippen molar-refractivity contribution in [3.05, 3.63) is 0 Å². The molecule has 3 rings (SSSR count). The van der Waals surface area contributed by atoms with E-state index in [0.717, 1.165) is 13.1 Å². The molecule has 0 unspecified atom stereocenters. The van der Waals surface area contributed by atoms with Crippen LogP contribution in [-0.2, 0) is 0 Å². The summed E-state index contributed by atoms with van der Waals surface area (Å²) < 4.78 is 39.8. The molecular weight excluding hydrogens is 309 g/mol. The predicted octanol–water partition coefficient (Wildman–Crippen LogP) is 1.26. The number of nitrogens with one attached hydrogen (secondary N) is 2. The van der Waals surface area contributed by atoms with E-state index in [9.17, 15) is 18.0 Å². The van der Waals surface area contributed by atoms with Gasteiger partial charge >= 0.3 is 12.2 Å². The van der Waals surface area contributed by atoms with E-state index in [0.29, 0.717) is 25.7 Å². The van der Waals surface area contributed by atoms with Gasteiger partial charge in [-0.3, -0.25) is 4.90 Å². The number of hydrogen-bond acceptors (Lipinski definition) is 3. The summed E-state index contributed by atoms with van der Waals surface area (Å²) in [6, 6.07) is 0.209. The number of fused-ring (bicyclic) bond motifs is 1. The van der Waals surface area contributed by atoms with E-state index in [1.54, 1.807) is 4.90 Å². The Morgan fingerprint density at radius 2 is 1.87 bits per heavy atom. The number of rotatable bonds is 3. The standard InChI is InChI=1S/C15H25F3N4O/c1-11(2)21-3-5-22(6-4-21)12(23)20-9-13-7-14(13,10-19-8-13)15(16,17)18/h11,19H,3-10H2,1-2H3,(H,20,23)/t13-,14-/m1/s1. The Bertz CT molecular complexity index is 476. The first kappa shape index (κ1) is 16.8. The van der Waals surface area contributed by atoms with Crippen LogP contribution in [0.1, 0.15) is 20.3 Å². The number of carbonyl (C=O) groups excluding carboxylic acids is 1. The van der Waals surface area contributed by atoms with E-state index in [2.05, 4.69) is 29.4 Å². The summed E-state index contributed by atoms with van der Waals surface area (Å²) in [6.45, 7) is 7.50. The van der Waals surface area contributed by atoms with Gasteiger partial charge in [-0.05, 0) is 20.3 Å². The molecule has 0 bridgehead atoms. The van der Waals surface area contributed by atoms with Crippen LogP contribution in [0.15, 0.2) is 0 Å². The van der Waals surface area contributed by atoms with Crippen molar-refractivity contribution < 1.29 is 18.0 Å².